The second-order valence-electron chi connectivity index (χ2n) is 12.4. The van der Waals surface area contributed by atoms with Crippen molar-refractivity contribution in [3.05, 3.63) is 48.6 Å². The van der Waals surface area contributed by atoms with Crippen LogP contribution in [0.25, 0.3) is 0 Å². The molecular formula is C37H64NO7+. The fourth-order valence-corrected chi connectivity index (χ4v) is 4.58. The topological polar surface area (TPSA) is 99.1 Å². The zero-order chi connectivity index (χ0) is 33.6. The molecular weight excluding hydrogens is 570 g/mol. The molecule has 8 nitrogen and oxygen atoms in total. The summed E-state index contributed by atoms with van der Waals surface area (Å²) in [7, 11) is 5.48. The third kappa shape index (κ3) is 27.3. The van der Waals surface area contributed by atoms with Gasteiger partial charge in [-0.05, 0) is 64.2 Å². The zero-order valence-electron chi connectivity index (χ0n) is 29.1. The number of likely N-dealkylation sites (N-methyl/N-ethyl adjacent to an activating group) is 1. The first-order chi connectivity index (χ1) is 21.6. The van der Waals surface area contributed by atoms with Gasteiger partial charge in [-0.1, -0.05) is 81.7 Å². The summed E-state index contributed by atoms with van der Waals surface area (Å²) in [6.45, 7) is 4.41. The molecule has 0 aromatic carbocycles. The molecule has 0 aromatic rings. The van der Waals surface area contributed by atoms with Crippen LogP contribution in [0.4, 0.5) is 0 Å². The molecule has 0 amide bonds. The number of unbranched alkanes of at least 4 members (excludes halogenated alkanes) is 7. The molecule has 0 aliphatic heterocycles. The average molecular weight is 635 g/mol. The molecule has 0 bridgehead atoms. The SMILES string of the molecule is CC/C=C/C/C=C/CCCCCCCC(=O)OCC(COCCC(C(=O)O)[N+](C)(C)C)OC(=O)CCCC/C=C/C/C=C/CC. The average Bonchev–Trinajstić information content (AvgIpc) is 2.98. The second kappa shape index (κ2) is 28.7. The van der Waals surface area contributed by atoms with Crippen LogP contribution in [0.1, 0.15) is 117 Å². The van der Waals surface area contributed by atoms with E-state index in [0.29, 0.717) is 19.3 Å². The van der Waals surface area contributed by atoms with Crippen LogP contribution in [-0.2, 0) is 28.6 Å². The number of rotatable bonds is 29. The number of ether oxygens (including phenoxy) is 3. The van der Waals surface area contributed by atoms with Gasteiger partial charge in [0.05, 0.1) is 34.4 Å². The first-order valence-electron chi connectivity index (χ1n) is 17.2. The molecule has 258 valence electrons. The monoisotopic (exact) mass is 634 g/mol. The fraction of sp³-hybridized carbons (Fsp3) is 0.703. The summed E-state index contributed by atoms with van der Waals surface area (Å²) in [5.74, 6) is -1.55. The highest BCUT2D eigenvalue weighted by Gasteiger charge is 2.31. The van der Waals surface area contributed by atoms with Gasteiger partial charge in [0, 0.05) is 19.3 Å². The molecule has 2 atom stereocenters. The van der Waals surface area contributed by atoms with Crippen LogP contribution < -0.4 is 0 Å². The molecule has 0 aliphatic rings. The van der Waals surface area contributed by atoms with Crippen LogP contribution in [0.15, 0.2) is 48.6 Å². The molecule has 0 saturated heterocycles. The van der Waals surface area contributed by atoms with Crippen LogP contribution in [0, 0.1) is 0 Å². The van der Waals surface area contributed by atoms with E-state index in [2.05, 4.69) is 62.5 Å². The largest absolute Gasteiger partial charge is 0.477 e. The van der Waals surface area contributed by atoms with Crippen molar-refractivity contribution < 1.29 is 38.2 Å². The Bertz CT molecular complexity index is 886. The lowest BCUT2D eigenvalue weighted by Crippen LogP contribution is -2.50. The molecule has 0 spiro atoms. The van der Waals surface area contributed by atoms with Crippen molar-refractivity contribution in [1.82, 2.24) is 0 Å². The number of aliphatic carboxylic acids is 1. The molecule has 45 heavy (non-hydrogen) atoms. The first kappa shape index (κ1) is 42.3. The van der Waals surface area contributed by atoms with Gasteiger partial charge in [0.15, 0.2) is 12.1 Å². The molecule has 0 rings (SSSR count). The normalized spacial score (nSPS) is 13.7. The van der Waals surface area contributed by atoms with Gasteiger partial charge in [0.1, 0.15) is 6.61 Å². The van der Waals surface area contributed by atoms with E-state index >= 15 is 0 Å². The van der Waals surface area contributed by atoms with Crippen molar-refractivity contribution >= 4 is 17.9 Å². The number of carboxylic acid groups (broad SMARTS) is 1. The predicted octanol–water partition coefficient (Wildman–Crippen LogP) is 8.12. The Hall–Kier alpha value is -2.71. The van der Waals surface area contributed by atoms with Gasteiger partial charge in [-0.2, -0.15) is 0 Å². The van der Waals surface area contributed by atoms with Gasteiger partial charge in [-0.25, -0.2) is 4.79 Å². The van der Waals surface area contributed by atoms with Crippen molar-refractivity contribution in [1.29, 1.82) is 0 Å². The third-order valence-corrected chi connectivity index (χ3v) is 7.22. The number of carbonyl (C=O) groups excluding carboxylic acids is 2. The molecule has 0 saturated carbocycles. The minimum absolute atomic E-state index is 0.0415. The lowest BCUT2D eigenvalue weighted by atomic mass is 10.1. The quantitative estimate of drug-likeness (QED) is 0.0384. The molecule has 2 unspecified atom stereocenters. The maximum absolute atomic E-state index is 12.5. The number of esters is 2. The summed E-state index contributed by atoms with van der Waals surface area (Å²) in [5.41, 5.74) is 0. The van der Waals surface area contributed by atoms with E-state index in [1.54, 1.807) is 0 Å². The Morgan fingerprint density at radius 2 is 1.18 bits per heavy atom. The Kier molecular flexibility index (Phi) is 27.0. The van der Waals surface area contributed by atoms with Crippen LogP contribution in [-0.4, -0.2) is 80.6 Å². The van der Waals surface area contributed by atoms with Crippen LogP contribution >= 0.6 is 0 Å². The number of quaternary nitrogens is 1. The first-order valence-corrected chi connectivity index (χ1v) is 17.2. The Morgan fingerprint density at radius 1 is 0.667 bits per heavy atom. The smallest absolute Gasteiger partial charge is 0.362 e. The van der Waals surface area contributed by atoms with Crippen molar-refractivity contribution in [2.24, 2.45) is 0 Å². The van der Waals surface area contributed by atoms with E-state index < -0.39 is 18.1 Å². The second-order valence-corrected chi connectivity index (χ2v) is 12.4. The van der Waals surface area contributed by atoms with E-state index in [0.717, 1.165) is 77.0 Å². The summed E-state index contributed by atoms with van der Waals surface area (Å²) >= 11 is 0. The summed E-state index contributed by atoms with van der Waals surface area (Å²) in [6.07, 6.45) is 30.3. The number of carboxylic acids is 1. The van der Waals surface area contributed by atoms with E-state index in [1.807, 2.05) is 21.1 Å². The summed E-state index contributed by atoms with van der Waals surface area (Å²) in [5, 5.41) is 9.54. The van der Waals surface area contributed by atoms with E-state index in [1.165, 1.54) is 0 Å². The van der Waals surface area contributed by atoms with Gasteiger partial charge in [0.25, 0.3) is 0 Å². The van der Waals surface area contributed by atoms with Crippen LogP contribution in [0.2, 0.25) is 0 Å². The lowest BCUT2D eigenvalue weighted by Gasteiger charge is -2.31. The van der Waals surface area contributed by atoms with Gasteiger partial charge in [-0.3, -0.25) is 9.59 Å². The number of hydrogen-bond acceptors (Lipinski definition) is 6. The van der Waals surface area contributed by atoms with E-state index in [9.17, 15) is 19.5 Å². The Labute approximate surface area is 274 Å². The third-order valence-electron chi connectivity index (χ3n) is 7.22. The molecule has 0 fully saturated rings. The summed E-state index contributed by atoms with van der Waals surface area (Å²) in [4.78, 5) is 36.6. The van der Waals surface area contributed by atoms with E-state index in [4.69, 9.17) is 14.2 Å². The van der Waals surface area contributed by atoms with Gasteiger partial charge < -0.3 is 23.8 Å². The van der Waals surface area contributed by atoms with Crippen molar-refractivity contribution in [2.45, 2.75) is 129 Å². The van der Waals surface area contributed by atoms with Crippen LogP contribution in [0.3, 0.4) is 0 Å². The highest BCUT2D eigenvalue weighted by atomic mass is 16.6. The highest BCUT2D eigenvalue weighted by molar-refractivity contribution is 5.72. The Balaban J connectivity index is 4.53. The predicted molar refractivity (Wildman–Crippen MR) is 183 cm³/mol. The number of hydrogen-bond donors (Lipinski definition) is 1. The molecule has 1 N–H and O–H groups in total. The number of nitrogens with zero attached hydrogens (tertiary/aromatic N) is 1. The Morgan fingerprint density at radius 3 is 1.76 bits per heavy atom. The molecule has 8 heteroatoms. The van der Waals surface area contributed by atoms with Gasteiger partial charge >= 0.3 is 17.9 Å². The number of carbonyl (C=O) groups is 3. The molecule has 0 aliphatic carbocycles. The minimum atomic E-state index is -0.887. The van der Waals surface area contributed by atoms with E-state index in [-0.39, 0.29) is 42.7 Å². The minimum Gasteiger partial charge on any atom is -0.477 e. The lowest BCUT2D eigenvalue weighted by molar-refractivity contribution is -0.887. The molecule has 0 radical (unpaired) electrons. The standard InChI is InChI=1S/C37H63NO7/c1-6-8-10-12-14-16-17-18-20-21-23-25-27-35(39)44-32-33(31-43-30-29-34(37(41)42)38(3,4)5)45-36(40)28-26-24-22-19-15-13-11-9-7-2/h8-11,14-16,19,33-34H,6-7,12-13,17-18,20-32H2,1-5H3/p+1/b10-8+,11-9+,16-14+,19-15+. The van der Waals surface area contributed by atoms with Crippen molar-refractivity contribution in [3.8, 4) is 0 Å². The van der Waals surface area contributed by atoms with Crippen LogP contribution in [0.5, 0.6) is 0 Å². The molecule has 0 aromatic heterocycles. The van der Waals surface area contributed by atoms with Crippen molar-refractivity contribution in [3.63, 3.8) is 0 Å². The van der Waals surface area contributed by atoms with Crippen molar-refractivity contribution in [2.75, 3.05) is 41.0 Å². The van der Waals surface area contributed by atoms with Gasteiger partial charge in [0.2, 0.25) is 0 Å². The zero-order valence-corrected chi connectivity index (χ0v) is 29.1. The highest BCUT2D eigenvalue weighted by Crippen LogP contribution is 2.11. The number of allylic oxidation sites excluding steroid dienone is 8. The van der Waals surface area contributed by atoms with Gasteiger partial charge in [-0.15, -0.1) is 0 Å². The fourth-order valence-electron chi connectivity index (χ4n) is 4.58. The summed E-state index contributed by atoms with van der Waals surface area (Å²) < 4.78 is 17.1. The maximum atomic E-state index is 12.5. The molecule has 0 heterocycles. The summed E-state index contributed by atoms with van der Waals surface area (Å²) in [6, 6.07) is -0.620. The maximum Gasteiger partial charge on any atom is 0.362 e.